The van der Waals surface area contributed by atoms with Crippen LogP contribution in [0, 0.1) is 5.82 Å². The third-order valence-corrected chi connectivity index (χ3v) is 3.94. The Morgan fingerprint density at radius 3 is 2.67 bits per heavy atom. The van der Waals surface area contributed by atoms with Crippen molar-refractivity contribution >= 4 is 11.3 Å². The molecule has 0 amide bonds. The van der Waals surface area contributed by atoms with E-state index in [4.69, 9.17) is 0 Å². The van der Waals surface area contributed by atoms with Gasteiger partial charge >= 0.3 is 6.18 Å². The van der Waals surface area contributed by atoms with Crippen LogP contribution in [0.4, 0.5) is 17.6 Å². The molecule has 0 aliphatic heterocycles. The van der Waals surface area contributed by atoms with Crippen molar-refractivity contribution in [1.82, 2.24) is 10.3 Å². The quantitative estimate of drug-likeness (QED) is 0.836. The Kier molecular flexibility index (Phi) is 4.95. The van der Waals surface area contributed by atoms with Crippen LogP contribution in [0.25, 0.3) is 0 Å². The van der Waals surface area contributed by atoms with Crippen molar-refractivity contribution in [1.29, 1.82) is 0 Å². The van der Waals surface area contributed by atoms with Gasteiger partial charge in [-0.1, -0.05) is 6.92 Å². The van der Waals surface area contributed by atoms with E-state index in [1.54, 1.807) is 6.20 Å². The number of nitrogens with zero attached hydrogens (tertiary/aromatic N) is 1. The molecule has 2 aromatic rings. The van der Waals surface area contributed by atoms with Crippen molar-refractivity contribution in [2.45, 2.75) is 25.6 Å². The maximum Gasteiger partial charge on any atom is 0.416 e. The number of aromatic nitrogens is 1. The topological polar surface area (TPSA) is 24.9 Å². The van der Waals surface area contributed by atoms with E-state index in [9.17, 15) is 17.6 Å². The molecule has 7 heteroatoms. The lowest BCUT2D eigenvalue weighted by atomic mass is 10.1. The van der Waals surface area contributed by atoms with Gasteiger partial charge < -0.3 is 5.32 Å². The molecule has 21 heavy (non-hydrogen) atoms. The second-order valence-electron chi connectivity index (χ2n) is 4.75. The van der Waals surface area contributed by atoms with Crippen LogP contribution in [0.5, 0.6) is 0 Å². The number of halogens is 4. The molecule has 1 atom stereocenters. The first-order valence-electron chi connectivity index (χ1n) is 6.33. The highest BCUT2D eigenvalue weighted by Crippen LogP contribution is 2.30. The number of hydrogen-bond acceptors (Lipinski definition) is 3. The molecule has 0 aliphatic rings. The minimum atomic E-state index is -4.54. The summed E-state index contributed by atoms with van der Waals surface area (Å²) in [6.45, 7) is 2.71. The van der Waals surface area contributed by atoms with E-state index in [1.807, 2.05) is 12.3 Å². The molecule has 1 unspecified atom stereocenters. The highest BCUT2D eigenvalue weighted by atomic mass is 32.1. The molecule has 1 N–H and O–H groups in total. The van der Waals surface area contributed by atoms with Crippen molar-refractivity contribution < 1.29 is 17.6 Å². The van der Waals surface area contributed by atoms with E-state index in [-0.39, 0.29) is 18.0 Å². The average Bonchev–Trinajstić information content (AvgIpc) is 2.90. The van der Waals surface area contributed by atoms with Crippen LogP contribution in [-0.2, 0) is 12.7 Å². The Bertz CT molecular complexity index is 581. The molecule has 0 saturated heterocycles. The van der Waals surface area contributed by atoms with Gasteiger partial charge in [-0.15, -0.1) is 11.3 Å². The summed E-state index contributed by atoms with van der Waals surface area (Å²) in [5.41, 5.74) is -0.694. The lowest BCUT2D eigenvalue weighted by Gasteiger charge is -2.12. The van der Waals surface area contributed by atoms with Crippen molar-refractivity contribution in [3.05, 3.63) is 51.7 Å². The van der Waals surface area contributed by atoms with Crippen LogP contribution in [-0.4, -0.2) is 11.5 Å². The fourth-order valence-electron chi connectivity index (χ4n) is 1.91. The summed E-state index contributed by atoms with van der Waals surface area (Å²) in [4.78, 5) is 4.17. The molecule has 0 bridgehead atoms. The first-order valence-corrected chi connectivity index (χ1v) is 7.21. The van der Waals surface area contributed by atoms with Crippen molar-refractivity contribution in [3.8, 4) is 0 Å². The minimum Gasteiger partial charge on any atom is -0.312 e. The third-order valence-electron chi connectivity index (χ3n) is 2.94. The van der Waals surface area contributed by atoms with E-state index < -0.39 is 17.6 Å². The standard InChI is InChI=1S/C14H14F4N2S/c1-9(13-20-2-3-21-13)7-19-8-10-4-11(14(16,17)18)6-12(15)5-10/h2-6,9,19H,7-8H2,1H3. The molecular weight excluding hydrogens is 304 g/mol. The molecule has 2 nitrogen and oxygen atoms in total. The van der Waals surface area contributed by atoms with Crippen LogP contribution in [0.15, 0.2) is 29.8 Å². The second kappa shape index (κ2) is 6.53. The number of hydrogen-bond donors (Lipinski definition) is 1. The predicted octanol–water partition coefficient (Wildman–Crippen LogP) is 4.19. The molecule has 0 aliphatic carbocycles. The van der Waals surface area contributed by atoms with Gasteiger partial charge in [0.15, 0.2) is 0 Å². The van der Waals surface area contributed by atoms with Crippen molar-refractivity contribution in [2.24, 2.45) is 0 Å². The fourth-order valence-corrected chi connectivity index (χ4v) is 2.61. The smallest absolute Gasteiger partial charge is 0.312 e. The van der Waals surface area contributed by atoms with E-state index in [0.29, 0.717) is 12.6 Å². The Balaban J connectivity index is 1.96. The Hall–Kier alpha value is -1.47. The van der Waals surface area contributed by atoms with E-state index in [0.717, 1.165) is 17.1 Å². The zero-order valence-electron chi connectivity index (χ0n) is 11.2. The van der Waals surface area contributed by atoms with Gasteiger partial charge in [-0.3, -0.25) is 0 Å². The Morgan fingerprint density at radius 2 is 2.05 bits per heavy atom. The Morgan fingerprint density at radius 1 is 1.29 bits per heavy atom. The summed E-state index contributed by atoms with van der Waals surface area (Å²) in [6.07, 6.45) is -2.83. The molecule has 0 radical (unpaired) electrons. The summed E-state index contributed by atoms with van der Waals surface area (Å²) >= 11 is 1.53. The SMILES string of the molecule is CC(CNCc1cc(F)cc(C(F)(F)F)c1)c1nccs1. The number of rotatable bonds is 5. The summed E-state index contributed by atoms with van der Waals surface area (Å²) < 4.78 is 51.0. The summed E-state index contributed by atoms with van der Waals surface area (Å²) in [5, 5.41) is 5.85. The van der Waals surface area contributed by atoms with Crippen LogP contribution < -0.4 is 5.32 Å². The number of alkyl halides is 3. The molecule has 0 spiro atoms. The molecule has 114 valence electrons. The van der Waals surface area contributed by atoms with Gasteiger partial charge in [-0.25, -0.2) is 9.37 Å². The summed E-state index contributed by atoms with van der Waals surface area (Å²) in [6, 6.07) is 2.57. The van der Waals surface area contributed by atoms with Crippen molar-refractivity contribution in [2.75, 3.05) is 6.54 Å². The lowest BCUT2D eigenvalue weighted by molar-refractivity contribution is -0.137. The molecular formula is C14H14F4N2S. The molecule has 0 saturated carbocycles. The lowest BCUT2D eigenvalue weighted by Crippen LogP contribution is -2.20. The van der Waals surface area contributed by atoms with Gasteiger partial charge in [0.2, 0.25) is 0 Å². The molecule has 1 aromatic heterocycles. The van der Waals surface area contributed by atoms with Crippen LogP contribution in [0.1, 0.15) is 29.0 Å². The van der Waals surface area contributed by atoms with Gasteiger partial charge in [0.25, 0.3) is 0 Å². The number of thiazole rings is 1. The minimum absolute atomic E-state index is 0.153. The highest BCUT2D eigenvalue weighted by Gasteiger charge is 2.31. The number of nitrogens with one attached hydrogen (secondary N) is 1. The van der Waals surface area contributed by atoms with Gasteiger partial charge in [-0.05, 0) is 23.8 Å². The second-order valence-corrected chi connectivity index (χ2v) is 5.67. The van der Waals surface area contributed by atoms with E-state index in [1.165, 1.54) is 11.3 Å². The Labute approximate surface area is 123 Å². The summed E-state index contributed by atoms with van der Waals surface area (Å²) in [7, 11) is 0. The van der Waals surface area contributed by atoms with E-state index >= 15 is 0 Å². The highest BCUT2D eigenvalue weighted by molar-refractivity contribution is 7.09. The van der Waals surface area contributed by atoms with Gasteiger partial charge in [0.1, 0.15) is 5.82 Å². The van der Waals surface area contributed by atoms with Gasteiger partial charge in [-0.2, -0.15) is 13.2 Å². The van der Waals surface area contributed by atoms with E-state index in [2.05, 4.69) is 10.3 Å². The first kappa shape index (κ1) is 15.9. The monoisotopic (exact) mass is 318 g/mol. The van der Waals surface area contributed by atoms with Crippen LogP contribution >= 0.6 is 11.3 Å². The zero-order chi connectivity index (χ0) is 15.5. The normalized spacial score (nSPS) is 13.4. The molecule has 0 fully saturated rings. The maximum atomic E-state index is 13.2. The fraction of sp³-hybridized carbons (Fsp3) is 0.357. The largest absolute Gasteiger partial charge is 0.416 e. The molecule has 1 aromatic carbocycles. The van der Waals surface area contributed by atoms with Crippen LogP contribution in [0.2, 0.25) is 0 Å². The average molecular weight is 318 g/mol. The van der Waals surface area contributed by atoms with Gasteiger partial charge in [0.05, 0.1) is 10.6 Å². The maximum absolute atomic E-state index is 13.2. The molecule has 2 rings (SSSR count). The zero-order valence-corrected chi connectivity index (χ0v) is 12.1. The number of benzene rings is 1. The first-order chi connectivity index (χ1) is 9.86. The third kappa shape index (κ3) is 4.50. The summed E-state index contributed by atoms with van der Waals surface area (Å²) in [5.74, 6) is -0.727. The van der Waals surface area contributed by atoms with Crippen molar-refractivity contribution in [3.63, 3.8) is 0 Å². The molecule has 1 heterocycles. The van der Waals surface area contributed by atoms with Gasteiger partial charge in [0, 0.05) is 30.6 Å². The van der Waals surface area contributed by atoms with Crippen LogP contribution in [0.3, 0.4) is 0 Å². The predicted molar refractivity (Wildman–Crippen MR) is 73.6 cm³/mol.